The van der Waals surface area contributed by atoms with Gasteiger partial charge in [0.2, 0.25) is 0 Å². The molecule has 2 saturated heterocycles. The van der Waals surface area contributed by atoms with E-state index in [1.807, 2.05) is 19.1 Å². The fraction of sp³-hybridized carbons (Fsp3) is 0.474. The van der Waals surface area contributed by atoms with Gasteiger partial charge in [-0.25, -0.2) is 14.4 Å². The minimum atomic E-state index is -0.187. The number of benzene rings is 1. The minimum absolute atomic E-state index is 0.0758. The largest absolute Gasteiger partial charge is 0.460 e. The molecule has 0 radical (unpaired) electrons. The molecule has 0 aliphatic carbocycles. The average Bonchev–Trinajstić information content (AvgIpc) is 2.54. The van der Waals surface area contributed by atoms with E-state index in [1.165, 1.54) is 6.07 Å². The highest BCUT2D eigenvalue weighted by Gasteiger charge is 2.48. The highest BCUT2D eigenvalue weighted by atomic mass is 19.1. The van der Waals surface area contributed by atoms with Crippen LogP contribution in [0.5, 0.6) is 6.01 Å². The Labute approximate surface area is 146 Å². The van der Waals surface area contributed by atoms with E-state index in [0.717, 1.165) is 43.7 Å². The molecule has 6 heteroatoms. The van der Waals surface area contributed by atoms with Gasteiger partial charge < -0.3 is 9.47 Å². The lowest BCUT2D eigenvalue weighted by atomic mass is 9.84. The van der Waals surface area contributed by atoms with E-state index in [0.29, 0.717) is 12.6 Å². The Hall–Kier alpha value is -2.05. The first-order chi connectivity index (χ1) is 12.1. The fourth-order valence-electron chi connectivity index (χ4n) is 3.71. The van der Waals surface area contributed by atoms with Gasteiger partial charge in [-0.2, -0.15) is 0 Å². The molecule has 1 spiro atoms. The van der Waals surface area contributed by atoms with E-state index in [-0.39, 0.29) is 17.5 Å². The molecule has 2 aliphatic rings. The quantitative estimate of drug-likeness (QED) is 0.854. The molecule has 3 heterocycles. The summed E-state index contributed by atoms with van der Waals surface area (Å²) in [6.45, 7) is 5.05. The van der Waals surface area contributed by atoms with Gasteiger partial charge in [-0.3, -0.25) is 4.90 Å². The van der Waals surface area contributed by atoms with Crippen molar-refractivity contribution in [2.75, 3.05) is 19.7 Å². The highest BCUT2D eigenvalue weighted by molar-refractivity contribution is 5.17. The Morgan fingerprint density at radius 3 is 3.04 bits per heavy atom. The number of likely N-dealkylation sites (tertiary alicyclic amines) is 1. The number of halogens is 1. The second-order valence-electron chi connectivity index (χ2n) is 7.02. The maximum absolute atomic E-state index is 13.3. The lowest BCUT2D eigenvalue weighted by Gasteiger charge is -2.53. The van der Waals surface area contributed by atoms with Crippen molar-refractivity contribution in [3.63, 3.8) is 0 Å². The predicted molar refractivity (Wildman–Crippen MR) is 90.8 cm³/mol. The van der Waals surface area contributed by atoms with Crippen LogP contribution in [0.25, 0.3) is 0 Å². The standard InChI is InChI=1S/C19H22FN3O2/c1-14-5-7-21-18(22-14)25-17-6-8-24-19(10-17)12-23(13-19)11-15-3-2-4-16(20)9-15/h2-5,7,9,17H,6,8,10-13H2,1H3/t17-/m1/s1. The maximum Gasteiger partial charge on any atom is 0.316 e. The summed E-state index contributed by atoms with van der Waals surface area (Å²) in [7, 11) is 0. The molecule has 2 fully saturated rings. The summed E-state index contributed by atoms with van der Waals surface area (Å²) in [5.41, 5.74) is 1.74. The first-order valence-corrected chi connectivity index (χ1v) is 8.67. The number of hydrogen-bond donors (Lipinski definition) is 0. The number of nitrogens with zero attached hydrogens (tertiary/aromatic N) is 3. The summed E-state index contributed by atoms with van der Waals surface area (Å²) >= 11 is 0. The lowest BCUT2D eigenvalue weighted by molar-refractivity contribution is -0.188. The number of aryl methyl sites for hydroxylation is 1. The van der Waals surface area contributed by atoms with E-state index in [1.54, 1.807) is 18.3 Å². The molecule has 1 atom stereocenters. The van der Waals surface area contributed by atoms with Crippen molar-refractivity contribution in [1.82, 2.24) is 14.9 Å². The monoisotopic (exact) mass is 343 g/mol. The number of aromatic nitrogens is 2. The molecule has 4 rings (SSSR count). The summed E-state index contributed by atoms with van der Waals surface area (Å²) in [6.07, 6.45) is 3.48. The SMILES string of the molecule is Cc1ccnc(O[C@@H]2CCOC3(C2)CN(Cc2cccc(F)c2)C3)n1. The summed E-state index contributed by atoms with van der Waals surface area (Å²) in [5, 5.41) is 0. The van der Waals surface area contributed by atoms with Crippen LogP contribution in [0.1, 0.15) is 24.1 Å². The Morgan fingerprint density at radius 2 is 2.24 bits per heavy atom. The number of rotatable bonds is 4. The fourth-order valence-corrected chi connectivity index (χ4v) is 3.71. The lowest BCUT2D eigenvalue weighted by Crippen LogP contribution is -2.65. The van der Waals surface area contributed by atoms with E-state index in [2.05, 4.69) is 14.9 Å². The van der Waals surface area contributed by atoms with Gasteiger partial charge in [-0.15, -0.1) is 0 Å². The molecule has 0 bridgehead atoms. The van der Waals surface area contributed by atoms with Crippen LogP contribution in [0, 0.1) is 12.7 Å². The van der Waals surface area contributed by atoms with Crippen molar-refractivity contribution in [2.24, 2.45) is 0 Å². The van der Waals surface area contributed by atoms with Crippen LogP contribution in [0.2, 0.25) is 0 Å². The van der Waals surface area contributed by atoms with Gasteiger partial charge in [-0.1, -0.05) is 12.1 Å². The van der Waals surface area contributed by atoms with Crippen LogP contribution < -0.4 is 4.74 Å². The van der Waals surface area contributed by atoms with Gasteiger partial charge in [0.1, 0.15) is 11.9 Å². The van der Waals surface area contributed by atoms with Crippen LogP contribution >= 0.6 is 0 Å². The molecule has 2 aromatic rings. The van der Waals surface area contributed by atoms with E-state index in [4.69, 9.17) is 9.47 Å². The van der Waals surface area contributed by atoms with Gasteiger partial charge in [-0.05, 0) is 30.7 Å². The van der Waals surface area contributed by atoms with E-state index >= 15 is 0 Å². The van der Waals surface area contributed by atoms with Crippen molar-refractivity contribution in [3.05, 3.63) is 53.6 Å². The zero-order valence-corrected chi connectivity index (χ0v) is 14.3. The molecule has 0 N–H and O–H groups in total. The zero-order valence-electron chi connectivity index (χ0n) is 14.3. The number of hydrogen-bond acceptors (Lipinski definition) is 5. The van der Waals surface area contributed by atoms with Crippen molar-refractivity contribution < 1.29 is 13.9 Å². The van der Waals surface area contributed by atoms with Crippen LogP contribution in [0.4, 0.5) is 4.39 Å². The molecule has 1 aromatic heterocycles. The summed E-state index contributed by atoms with van der Waals surface area (Å²) in [6, 6.07) is 9.07. The van der Waals surface area contributed by atoms with Gasteiger partial charge in [0.05, 0.1) is 12.2 Å². The topological polar surface area (TPSA) is 47.5 Å². The zero-order chi connectivity index (χ0) is 17.3. The third-order valence-corrected chi connectivity index (χ3v) is 4.81. The van der Waals surface area contributed by atoms with E-state index < -0.39 is 0 Å². The molecular formula is C19H22FN3O2. The van der Waals surface area contributed by atoms with E-state index in [9.17, 15) is 4.39 Å². The Morgan fingerprint density at radius 1 is 1.36 bits per heavy atom. The summed E-state index contributed by atoms with van der Waals surface area (Å²) in [4.78, 5) is 10.8. The molecule has 25 heavy (non-hydrogen) atoms. The highest BCUT2D eigenvalue weighted by Crippen LogP contribution is 2.36. The van der Waals surface area contributed by atoms with Crippen LogP contribution in [0.15, 0.2) is 36.5 Å². The van der Waals surface area contributed by atoms with Crippen LogP contribution in [-0.4, -0.2) is 46.3 Å². The second-order valence-corrected chi connectivity index (χ2v) is 7.02. The molecule has 0 saturated carbocycles. The smallest absolute Gasteiger partial charge is 0.316 e. The minimum Gasteiger partial charge on any atom is -0.460 e. The Bertz CT molecular complexity index is 749. The van der Waals surface area contributed by atoms with Crippen LogP contribution in [0.3, 0.4) is 0 Å². The maximum atomic E-state index is 13.3. The predicted octanol–water partition coefficient (Wildman–Crippen LogP) is 2.74. The molecule has 5 nitrogen and oxygen atoms in total. The molecular weight excluding hydrogens is 321 g/mol. The molecule has 2 aliphatic heterocycles. The third-order valence-electron chi connectivity index (χ3n) is 4.81. The molecule has 0 unspecified atom stereocenters. The van der Waals surface area contributed by atoms with Gasteiger partial charge >= 0.3 is 6.01 Å². The van der Waals surface area contributed by atoms with Crippen molar-refractivity contribution in [3.8, 4) is 6.01 Å². The van der Waals surface area contributed by atoms with Crippen molar-refractivity contribution in [1.29, 1.82) is 0 Å². The van der Waals surface area contributed by atoms with Gasteiger partial charge in [0.15, 0.2) is 0 Å². The molecule has 132 valence electrons. The van der Waals surface area contributed by atoms with Crippen LogP contribution in [-0.2, 0) is 11.3 Å². The summed E-state index contributed by atoms with van der Waals surface area (Å²) < 4.78 is 25.3. The number of ether oxygens (including phenoxy) is 2. The normalized spacial score (nSPS) is 22.6. The van der Waals surface area contributed by atoms with Crippen molar-refractivity contribution >= 4 is 0 Å². The molecule has 0 amide bonds. The first kappa shape index (κ1) is 16.4. The average molecular weight is 343 g/mol. The second kappa shape index (κ2) is 6.69. The summed E-state index contributed by atoms with van der Waals surface area (Å²) in [5.74, 6) is -0.187. The van der Waals surface area contributed by atoms with Gasteiger partial charge in [0, 0.05) is 44.4 Å². The first-order valence-electron chi connectivity index (χ1n) is 8.67. The van der Waals surface area contributed by atoms with Gasteiger partial charge in [0.25, 0.3) is 0 Å². The molecule has 1 aromatic carbocycles. The Balaban J connectivity index is 1.33. The Kier molecular flexibility index (Phi) is 4.39. The van der Waals surface area contributed by atoms with Crippen molar-refractivity contribution in [2.45, 2.75) is 38.0 Å². The third kappa shape index (κ3) is 3.80.